The van der Waals surface area contributed by atoms with Crippen LogP contribution in [0.5, 0.6) is 0 Å². The topological polar surface area (TPSA) is 49.7 Å². The number of aromatic nitrogens is 4. The van der Waals surface area contributed by atoms with E-state index in [-0.39, 0.29) is 7.24 Å². The average molecular weight is 408 g/mol. The van der Waals surface area contributed by atoms with Gasteiger partial charge in [0.05, 0.1) is 23.7 Å². The number of hydrogen-bond donors (Lipinski definition) is 1. The van der Waals surface area contributed by atoms with E-state index >= 15 is 4.39 Å². The van der Waals surface area contributed by atoms with Crippen molar-refractivity contribution in [3.63, 3.8) is 0 Å². The summed E-state index contributed by atoms with van der Waals surface area (Å²) < 4.78 is 17.0. The fraction of sp³-hybridized carbons (Fsp3) is 0.417. The molecule has 1 aliphatic carbocycles. The molecule has 2 aromatic heterocycles. The van der Waals surface area contributed by atoms with Crippen LogP contribution in [0.1, 0.15) is 69.5 Å². The Hall–Kier alpha value is -2.89. The van der Waals surface area contributed by atoms with Crippen molar-refractivity contribution in [3.05, 3.63) is 59.7 Å². The maximum absolute atomic E-state index is 15.0. The lowest BCUT2D eigenvalue weighted by atomic mass is 9.96. The van der Waals surface area contributed by atoms with Crippen molar-refractivity contribution in [2.24, 2.45) is 0 Å². The number of fused-ring (bicyclic) bond motifs is 1. The third kappa shape index (κ3) is 3.06. The Balaban J connectivity index is 0.00000231. The fourth-order valence-corrected chi connectivity index (χ4v) is 4.57. The second-order valence-electron chi connectivity index (χ2n) is 8.54. The Kier molecular flexibility index (Phi) is 4.72. The van der Waals surface area contributed by atoms with Crippen LogP contribution in [-0.4, -0.2) is 26.5 Å². The molecule has 0 spiro atoms. The van der Waals surface area contributed by atoms with Gasteiger partial charge in [0.2, 0.25) is 0 Å². The quantitative estimate of drug-likeness (QED) is 0.551. The molecule has 3 aromatic rings. The normalized spacial score (nSPS) is 17.1. The Morgan fingerprint density at radius 2 is 2.17 bits per heavy atom. The van der Waals surface area contributed by atoms with E-state index in [1.165, 1.54) is 5.56 Å². The molecule has 30 heavy (non-hydrogen) atoms. The van der Waals surface area contributed by atoms with E-state index in [9.17, 15) is 0 Å². The van der Waals surface area contributed by atoms with Crippen molar-refractivity contribution in [2.75, 3.05) is 11.4 Å². The molecular weight excluding hydrogens is 377 g/mol. The van der Waals surface area contributed by atoms with Gasteiger partial charge < -0.3 is 4.90 Å². The first-order valence-electron chi connectivity index (χ1n) is 10.9. The van der Waals surface area contributed by atoms with Crippen LogP contribution < -0.4 is 4.90 Å². The lowest BCUT2D eigenvalue weighted by Gasteiger charge is -2.33. The predicted octanol–water partition coefficient (Wildman–Crippen LogP) is 5.93. The Morgan fingerprint density at radius 1 is 1.33 bits per heavy atom. The van der Waals surface area contributed by atoms with E-state index in [1.807, 2.05) is 23.1 Å². The van der Waals surface area contributed by atoms with Crippen LogP contribution in [0.15, 0.2) is 37.2 Å². The summed E-state index contributed by atoms with van der Waals surface area (Å²) in [5.41, 5.74) is 5.66. The molecule has 5 nitrogen and oxygen atoms in total. The molecule has 2 aliphatic rings. The minimum Gasteiger partial charge on any atom is -0.326 e. The molecule has 0 saturated heterocycles. The summed E-state index contributed by atoms with van der Waals surface area (Å²) in [6.07, 6.45) is 8.05. The standard InChI is InChI=1S/C24H28FN5.H2/c1-4-15(2)19-13-26-28-23(19)20-14-27-30-12-6-11-29(24(20)30)16(3)22-18(17-9-10-17)7-5-8-21(22)25;/h5,7-8,13-15,17H,3-4,6,9-12H2,1-2H3,(H,26,28);1H. The van der Waals surface area contributed by atoms with E-state index in [0.717, 1.165) is 67.1 Å². The van der Waals surface area contributed by atoms with Gasteiger partial charge in [-0.05, 0) is 49.1 Å². The van der Waals surface area contributed by atoms with Gasteiger partial charge in [-0.2, -0.15) is 10.2 Å². The van der Waals surface area contributed by atoms with E-state index in [4.69, 9.17) is 0 Å². The third-order valence-corrected chi connectivity index (χ3v) is 6.58. The van der Waals surface area contributed by atoms with Crippen LogP contribution in [0.4, 0.5) is 10.2 Å². The van der Waals surface area contributed by atoms with Gasteiger partial charge in [0.25, 0.3) is 0 Å². The first kappa shape index (κ1) is 19.1. The van der Waals surface area contributed by atoms with Gasteiger partial charge in [-0.1, -0.05) is 32.6 Å². The summed E-state index contributed by atoms with van der Waals surface area (Å²) in [6, 6.07) is 5.42. The number of aryl methyl sites for hydroxylation is 1. The highest BCUT2D eigenvalue weighted by Gasteiger charge is 2.32. The molecular formula is C24H30FN5. The zero-order chi connectivity index (χ0) is 20.8. The lowest BCUT2D eigenvalue weighted by molar-refractivity contribution is 0.542. The molecule has 1 fully saturated rings. The lowest BCUT2D eigenvalue weighted by Crippen LogP contribution is -2.31. The zero-order valence-electron chi connectivity index (χ0n) is 17.7. The SMILES string of the molecule is C=C(c1c(F)cccc1C1CC1)N1CCCn2ncc(-c3[nH]ncc3C(C)CC)c21.[HH]. The highest BCUT2D eigenvalue weighted by atomic mass is 19.1. The van der Waals surface area contributed by atoms with E-state index in [0.29, 0.717) is 17.4 Å². The molecule has 0 amide bonds. The molecule has 1 aliphatic heterocycles. The Bertz CT molecular complexity index is 1100. The molecule has 1 unspecified atom stereocenters. The molecule has 5 rings (SSSR count). The second kappa shape index (κ2) is 7.42. The van der Waals surface area contributed by atoms with E-state index < -0.39 is 0 Å². The Labute approximate surface area is 178 Å². The molecule has 1 N–H and O–H groups in total. The minimum atomic E-state index is -0.190. The van der Waals surface area contributed by atoms with E-state index in [2.05, 4.69) is 46.7 Å². The number of halogens is 1. The van der Waals surface area contributed by atoms with Crippen molar-refractivity contribution in [1.29, 1.82) is 0 Å². The molecule has 158 valence electrons. The molecule has 1 atom stereocenters. The number of benzene rings is 1. The first-order valence-corrected chi connectivity index (χ1v) is 10.9. The summed E-state index contributed by atoms with van der Waals surface area (Å²) in [4.78, 5) is 2.15. The zero-order valence-corrected chi connectivity index (χ0v) is 17.7. The Morgan fingerprint density at radius 3 is 2.93 bits per heavy atom. The predicted molar refractivity (Wildman–Crippen MR) is 120 cm³/mol. The van der Waals surface area contributed by atoms with Gasteiger partial charge in [-0.15, -0.1) is 0 Å². The highest BCUT2D eigenvalue weighted by Crippen LogP contribution is 2.46. The van der Waals surface area contributed by atoms with Crippen LogP contribution in [0.25, 0.3) is 17.0 Å². The number of aromatic amines is 1. The van der Waals surface area contributed by atoms with Gasteiger partial charge in [0.15, 0.2) is 0 Å². The summed E-state index contributed by atoms with van der Waals surface area (Å²) in [7, 11) is 0. The maximum atomic E-state index is 15.0. The first-order chi connectivity index (χ1) is 14.6. The number of rotatable bonds is 6. The largest absolute Gasteiger partial charge is 0.326 e. The van der Waals surface area contributed by atoms with Crippen LogP contribution in [-0.2, 0) is 6.54 Å². The van der Waals surface area contributed by atoms with Crippen LogP contribution >= 0.6 is 0 Å². The smallest absolute Gasteiger partial charge is 0.140 e. The second-order valence-corrected chi connectivity index (χ2v) is 8.54. The summed E-state index contributed by atoms with van der Waals surface area (Å²) in [5, 5.41) is 12.2. The minimum absolute atomic E-state index is 0. The number of H-pyrrole nitrogens is 1. The summed E-state index contributed by atoms with van der Waals surface area (Å²) in [5.74, 6) is 1.63. The maximum Gasteiger partial charge on any atom is 0.140 e. The fourth-order valence-electron chi connectivity index (χ4n) is 4.57. The van der Waals surface area contributed by atoms with Crippen molar-refractivity contribution in [3.8, 4) is 11.3 Å². The van der Waals surface area contributed by atoms with Crippen molar-refractivity contribution >= 4 is 11.5 Å². The highest BCUT2D eigenvalue weighted by molar-refractivity contribution is 5.86. The molecule has 1 saturated carbocycles. The van der Waals surface area contributed by atoms with Gasteiger partial charge in [0, 0.05) is 31.3 Å². The molecule has 3 heterocycles. The van der Waals surface area contributed by atoms with Crippen LogP contribution in [0.3, 0.4) is 0 Å². The van der Waals surface area contributed by atoms with Gasteiger partial charge in [0.1, 0.15) is 11.6 Å². The van der Waals surface area contributed by atoms with Gasteiger partial charge in [-0.25, -0.2) is 9.07 Å². The van der Waals surface area contributed by atoms with Crippen LogP contribution in [0.2, 0.25) is 0 Å². The number of hydrogen-bond acceptors (Lipinski definition) is 3. The van der Waals surface area contributed by atoms with Crippen LogP contribution in [0, 0.1) is 5.82 Å². The number of anilines is 1. The molecule has 1 aromatic carbocycles. The summed E-state index contributed by atoms with van der Waals surface area (Å²) in [6.45, 7) is 10.4. The van der Waals surface area contributed by atoms with Crippen molar-refractivity contribution in [2.45, 2.75) is 57.9 Å². The molecule has 0 radical (unpaired) electrons. The number of nitrogens with zero attached hydrogens (tertiary/aromatic N) is 4. The van der Waals surface area contributed by atoms with Gasteiger partial charge >= 0.3 is 0 Å². The van der Waals surface area contributed by atoms with Gasteiger partial charge in [-0.3, -0.25) is 5.10 Å². The average Bonchev–Trinajstić information content (AvgIpc) is 3.33. The van der Waals surface area contributed by atoms with Crippen molar-refractivity contribution in [1.82, 2.24) is 20.0 Å². The molecule has 0 bridgehead atoms. The molecule has 6 heteroatoms. The van der Waals surface area contributed by atoms with E-state index in [1.54, 1.807) is 6.07 Å². The summed E-state index contributed by atoms with van der Waals surface area (Å²) >= 11 is 0. The monoisotopic (exact) mass is 407 g/mol. The number of nitrogens with one attached hydrogen (secondary N) is 1. The third-order valence-electron chi connectivity index (χ3n) is 6.58. The van der Waals surface area contributed by atoms with Crippen molar-refractivity contribution < 1.29 is 5.82 Å².